The second-order valence-electron chi connectivity index (χ2n) is 6.60. The van der Waals surface area contributed by atoms with E-state index < -0.39 is 73.9 Å². The highest BCUT2D eigenvalue weighted by atomic mass is 32.1. The summed E-state index contributed by atoms with van der Waals surface area (Å²) in [6.45, 7) is -1.17. The van der Waals surface area contributed by atoms with Crippen LogP contribution in [0.1, 0.15) is 22.6 Å². The molecule has 0 aliphatic carbocycles. The number of aliphatic hydroxyl groups excluding tert-OH is 7. The maximum Gasteiger partial charge on any atom is 0.195 e. The first kappa shape index (κ1) is 20.7. The fraction of sp³-hybridized carbons (Fsp3) is 0.688. The number of rotatable bonds is 4. The maximum atomic E-state index is 12.0. The molecule has 10 nitrogen and oxygen atoms in total. The Balaban J connectivity index is 1.83. The number of hydrogen-bond acceptors (Lipinski definition) is 11. The molecule has 0 unspecified atom stereocenters. The van der Waals surface area contributed by atoms with Gasteiger partial charge in [0.15, 0.2) is 5.78 Å². The van der Waals surface area contributed by atoms with E-state index in [-0.39, 0.29) is 0 Å². The Hall–Kier alpha value is -0.990. The zero-order chi connectivity index (χ0) is 19.9. The lowest BCUT2D eigenvalue weighted by Gasteiger charge is -2.39. The highest BCUT2D eigenvalue weighted by Gasteiger charge is 2.46. The number of carbonyl (C=O) groups is 1. The SMILES string of the molecule is O=C1[C@H](O)[C@@H](c2csc([C@H]3O[C@H](CO)[C@@H](O)[C@H](O)[C@@H]3O)c2)O[C@H](CO)[C@H]1O. The van der Waals surface area contributed by atoms with E-state index >= 15 is 0 Å². The van der Waals surface area contributed by atoms with Gasteiger partial charge in [-0.15, -0.1) is 11.3 Å². The van der Waals surface area contributed by atoms with Gasteiger partial charge in [-0.3, -0.25) is 4.79 Å². The molecule has 0 bridgehead atoms. The molecule has 2 fully saturated rings. The van der Waals surface area contributed by atoms with E-state index in [1.54, 1.807) is 5.38 Å². The minimum absolute atomic E-state index is 0.359. The summed E-state index contributed by atoms with van der Waals surface area (Å²) in [4.78, 5) is 12.4. The zero-order valence-corrected chi connectivity index (χ0v) is 14.8. The molecule has 0 aromatic carbocycles. The first-order chi connectivity index (χ1) is 12.8. The Morgan fingerprint density at radius 2 is 1.48 bits per heavy atom. The van der Waals surface area contributed by atoms with Crippen LogP contribution in [-0.4, -0.2) is 97.5 Å². The minimum Gasteiger partial charge on any atom is -0.394 e. The lowest BCUT2D eigenvalue weighted by molar-refractivity contribution is -0.231. The van der Waals surface area contributed by atoms with Crippen molar-refractivity contribution in [2.45, 2.75) is 54.9 Å². The molecule has 3 heterocycles. The molecule has 1 aromatic heterocycles. The van der Waals surface area contributed by atoms with Crippen LogP contribution in [0.15, 0.2) is 11.4 Å². The van der Waals surface area contributed by atoms with Crippen molar-refractivity contribution in [1.82, 2.24) is 0 Å². The van der Waals surface area contributed by atoms with Crippen LogP contribution in [0, 0.1) is 0 Å². The van der Waals surface area contributed by atoms with Crippen LogP contribution in [-0.2, 0) is 14.3 Å². The summed E-state index contributed by atoms with van der Waals surface area (Å²) < 4.78 is 10.9. The number of Topliss-reactive ketones (excluding diaryl/α,β-unsaturated/α-hetero) is 1. The fourth-order valence-corrected chi connectivity index (χ4v) is 4.26. The molecule has 7 N–H and O–H groups in total. The van der Waals surface area contributed by atoms with E-state index in [1.807, 2.05) is 0 Å². The van der Waals surface area contributed by atoms with Gasteiger partial charge in [-0.2, -0.15) is 0 Å². The van der Waals surface area contributed by atoms with Gasteiger partial charge >= 0.3 is 0 Å². The molecule has 9 atom stereocenters. The van der Waals surface area contributed by atoms with Gasteiger partial charge in [0.2, 0.25) is 0 Å². The quantitative estimate of drug-likeness (QED) is 0.272. The third kappa shape index (κ3) is 3.68. The molecule has 11 heteroatoms. The van der Waals surface area contributed by atoms with Gasteiger partial charge in [-0.25, -0.2) is 0 Å². The van der Waals surface area contributed by atoms with Crippen LogP contribution in [0.4, 0.5) is 0 Å². The van der Waals surface area contributed by atoms with Gasteiger partial charge in [0.25, 0.3) is 0 Å². The molecule has 2 aliphatic rings. The summed E-state index contributed by atoms with van der Waals surface area (Å²) >= 11 is 1.10. The first-order valence-corrected chi connectivity index (χ1v) is 9.23. The standard InChI is InChI=1S/C16H22O10S/c17-2-6-9(19)11(21)13(23)15(25-6)5-1-8(27-4-5)16-14(24)12(22)10(20)7(3-18)26-16/h1,4,6-7,9-10,12-20,22-24H,2-3H2/t6-,7-,9-,10-,12+,13+,14+,15-,16-/m1/s1. The predicted octanol–water partition coefficient (Wildman–Crippen LogP) is -3.01. The van der Waals surface area contributed by atoms with Crippen molar-refractivity contribution in [3.63, 3.8) is 0 Å². The Labute approximate surface area is 157 Å². The number of thiophene rings is 1. The van der Waals surface area contributed by atoms with E-state index in [9.17, 15) is 40.5 Å². The Bertz CT molecular complexity index is 663. The van der Waals surface area contributed by atoms with Crippen LogP contribution in [0.3, 0.4) is 0 Å². The van der Waals surface area contributed by atoms with Gasteiger partial charge < -0.3 is 45.2 Å². The smallest absolute Gasteiger partial charge is 0.195 e. The number of aliphatic hydroxyl groups is 7. The normalized spacial score (nSPS) is 43.1. The monoisotopic (exact) mass is 406 g/mol. The highest BCUT2D eigenvalue weighted by Crippen LogP contribution is 2.39. The fourth-order valence-electron chi connectivity index (χ4n) is 3.25. The minimum atomic E-state index is -1.64. The average Bonchev–Trinajstić information content (AvgIpc) is 3.14. The third-order valence-corrected chi connectivity index (χ3v) is 5.88. The van der Waals surface area contributed by atoms with Crippen molar-refractivity contribution < 1.29 is 50.0 Å². The summed E-state index contributed by atoms with van der Waals surface area (Å²) in [5.74, 6) is -0.870. The summed E-state index contributed by atoms with van der Waals surface area (Å²) in [7, 11) is 0. The van der Waals surface area contributed by atoms with Gasteiger partial charge in [0, 0.05) is 4.88 Å². The lowest BCUT2D eigenvalue weighted by Crippen LogP contribution is -2.55. The molecule has 0 spiro atoms. The van der Waals surface area contributed by atoms with E-state index in [0.717, 1.165) is 11.3 Å². The number of ether oxygens (including phenoxy) is 2. The van der Waals surface area contributed by atoms with Gasteiger partial charge in [-0.05, 0) is 17.0 Å². The van der Waals surface area contributed by atoms with E-state index in [2.05, 4.69) is 0 Å². The molecule has 152 valence electrons. The van der Waals surface area contributed by atoms with Crippen LogP contribution in [0.25, 0.3) is 0 Å². The van der Waals surface area contributed by atoms with Crippen molar-refractivity contribution in [3.05, 3.63) is 21.9 Å². The van der Waals surface area contributed by atoms with Crippen LogP contribution in [0.2, 0.25) is 0 Å². The molecule has 0 amide bonds. The molecule has 27 heavy (non-hydrogen) atoms. The molecular formula is C16H22O10S. The van der Waals surface area contributed by atoms with Crippen molar-refractivity contribution in [3.8, 4) is 0 Å². The molecule has 0 saturated carbocycles. The first-order valence-electron chi connectivity index (χ1n) is 8.35. The Morgan fingerprint density at radius 1 is 0.852 bits per heavy atom. The summed E-state index contributed by atoms with van der Waals surface area (Å²) in [5.41, 5.74) is 0.359. The molecule has 3 rings (SSSR count). The van der Waals surface area contributed by atoms with Crippen molar-refractivity contribution >= 4 is 17.1 Å². The summed E-state index contributed by atoms with van der Waals surface area (Å²) in [5, 5.41) is 69.8. The predicted molar refractivity (Wildman–Crippen MR) is 88.8 cm³/mol. The second-order valence-corrected chi connectivity index (χ2v) is 7.54. The summed E-state index contributed by atoms with van der Waals surface area (Å²) in [6, 6.07) is 1.49. The molecule has 2 saturated heterocycles. The van der Waals surface area contributed by atoms with Crippen LogP contribution >= 0.6 is 11.3 Å². The Morgan fingerprint density at radius 3 is 2.11 bits per heavy atom. The molecular weight excluding hydrogens is 384 g/mol. The molecule has 2 aliphatic heterocycles. The van der Waals surface area contributed by atoms with E-state index in [0.29, 0.717) is 10.4 Å². The van der Waals surface area contributed by atoms with E-state index in [4.69, 9.17) is 9.47 Å². The number of carbonyl (C=O) groups excluding carboxylic acids is 1. The van der Waals surface area contributed by atoms with Crippen LogP contribution in [0.5, 0.6) is 0 Å². The van der Waals surface area contributed by atoms with E-state index in [1.165, 1.54) is 6.07 Å². The van der Waals surface area contributed by atoms with Gasteiger partial charge in [0.05, 0.1) is 13.2 Å². The largest absolute Gasteiger partial charge is 0.394 e. The van der Waals surface area contributed by atoms with Gasteiger partial charge in [0.1, 0.15) is 54.9 Å². The third-order valence-electron chi connectivity index (χ3n) is 4.86. The number of hydrogen-bond donors (Lipinski definition) is 7. The summed E-state index contributed by atoms with van der Waals surface area (Å²) in [6.07, 6.45) is -12.2. The molecule has 0 radical (unpaired) electrons. The average molecular weight is 406 g/mol. The van der Waals surface area contributed by atoms with Crippen LogP contribution < -0.4 is 0 Å². The van der Waals surface area contributed by atoms with Crippen molar-refractivity contribution in [1.29, 1.82) is 0 Å². The zero-order valence-electron chi connectivity index (χ0n) is 14.0. The van der Waals surface area contributed by atoms with Crippen molar-refractivity contribution in [2.75, 3.05) is 13.2 Å². The Kier molecular flexibility index (Phi) is 6.27. The maximum absolute atomic E-state index is 12.0. The number of ketones is 1. The lowest BCUT2D eigenvalue weighted by atomic mass is 9.92. The topological polar surface area (TPSA) is 177 Å². The van der Waals surface area contributed by atoms with Crippen molar-refractivity contribution in [2.24, 2.45) is 0 Å². The second kappa shape index (κ2) is 8.17. The molecule has 1 aromatic rings. The van der Waals surface area contributed by atoms with Gasteiger partial charge in [-0.1, -0.05) is 0 Å². The highest BCUT2D eigenvalue weighted by molar-refractivity contribution is 7.10.